The molecule has 0 radical (unpaired) electrons. The third-order valence-corrected chi connectivity index (χ3v) is 3.77. The molecule has 0 N–H and O–H groups in total. The molecule has 20 heavy (non-hydrogen) atoms. The van der Waals surface area contributed by atoms with Gasteiger partial charge in [0.15, 0.2) is 0 Å². The lowest BCUT2D eigenvalue weighted by atomic mass is 9.92. The van der Waals surface area contributed by atoms with E-state index < -0.39 is 12.1 Å². The van der Waals surface area contributed by atoms with Crippen LogP contribution >= 0.6 is 11.6 Å². The van der Waals surface area contributed by atoms with E-state index in [2.05, 4.69) is 6.92 Å². The van der Waals surface area contributed by atoms with Crippen LogP contribution in [0, 0.1) is 0 Å². The van der Waals surface area contributed by atoms with Crippen molar-refractivity contribution in [1.29, 1.82) is 0 Å². The SMILES string of the molecule is CCCCCCCCC(c1ccc(Cl)cc1)C(F)(F)F. The molecule has 0 aliphatic heterocycles. The molecule has 1 atom stereocenters. The van der Waals surface area contributed by atoms with E-state index in [0.717, 1.165) is 25.7 Å². The van der Waals surface area contributed by atoms with Crippen molar-refractivity contribution in [3.63, 3.8) is 0 Å². The lowest BCUT2D eigenvalue weighted by Crippen LogP contribution is -2.20. The summed E-state index contributed by atoms with van der Waals surface area (Å²) in [7, 11) is 0. The number of rotatable bonds is 8. The summed E-state index contributed by atoms with van der Waals surface area (Å²) in [5.74, 6) is -1.37. The molecule has 1 aromatic rings. The number of benzene rings is 1. The summed E-state index contributed by atoms with van der Waals surface area (Å²) in [6.07, 6.45) is 1.94. The van der Waals surface area contributed by atoms with Gasteiger partial charge < -0.3 is 0 Å². The number of alkyl halides is 3. The zero-order valence-corrected chi connectivity index (χ0v) is 12.6. The Morgan fingerprint density at radius 3 is 2.05 bits per heavy atom. The molecule has 0 aromatic heterocycles. The highest BCUT2D eigenvalue weighted by molar-refractivity contribution is 6.30. The fourth-order valence-corrected chi connectivity index (χ4v) is 2.47. The van der Waals surface area contributed by atoms with Crippen molar-refractivity contribution >= 4 is 11.6 Å². The van der Waals surface area contributed by atoms with Crippen LogP contribution in [-0.4, -0.2) is 6.18 Å². The fraction of sp³-hybridized carbons (Fsp3) is 0.625. The van der Waals surface area contributed by atoms with Crippen LogP contribution in [0.4, 0.5) is 13.2 Å². The van der Waals surface area contributed by atoms with Crippen molar-refractivity contribution in [2.75, 3.05) is 0 Å². The summed E-state index contributed by atoms with van der Waals surface area (Å²) in [4.78, 5) is 0. The zero-order chi connectivity index (χ0) is 15.0. The molecule has 0 aliphatic rings. The summed E-state index contributed by atoms with van der Waals surface area (Å²) >= 11 is 5.72. The highest BCUT2D eigenvalue weighted by Gasteiger charge is 2.39. The summed E-state index contributed by atoms with van der Waals surface area (Å²) in [6, 6.07) is 6.02. The predicted octanol–water partition coefficient (Wildman–Crippen LogP) is 6.74. The van der Waals surface area contributed by atoms with E-state index in [0.29, 0.717) is 17.0 Å². The van der Waals surface area contributed by atoms with Gasteiger partial charge in [-0.3, -0.25) is 0 Å². The summed E-state index contributed by atoms with van der Waals surface area (Å²) < 4.78 is 39.3. The highest BCUT2D eigenvalue weighted by Crippen LogP contribution is 2.39. The first-order chi connectivity index (χ1) is 9.45. The molecule has 0 fully saturated rings. The molecule has 4 heteroatoms. The molecule has 1 aromatic carbocycles. The topological polar surface area (TPSA) is 0 Å². The summed E-state index contributed by atoms with van der Waals surface area (Å²) in [5.41, 5.74) is 0.315. The monoisotopic (exact) mass is 306 g/mol. The molecule has 114 valence electrons. The van der Waals surface area contributed by atoms with E-state index in [9.17, 15) is 13.2 Å². The van der Waals surface area contributed by atoms with E-state index in [1.54, 1.807) is 0 Å². The van der Waals surface area contributed by atoms with Crippen molar-refractivity contribution in [2.24, 2.45) is 0 Å². The van der Waals surface area contributed by atoms with Crippen LogP contribution in [0.2, 0.25) is 5.02 Å². The maximum absolute atomic E-state index is 13.1. The minimum absolute atomic E-state index is 0.164. The Bertz CT molecular complexity index is 370. The minimum Gasteiger partial charge on any atom is -0.170 e. The first-order valence-electron chi connectivity index (χ1n) is 7.27. The Kier molecular flexibility index (Phi) is 7.42. The number of hydrogen-bond acceptors (Lipinski definition) is 0. The molecule has 0 bridgehead atoms. The fourth-order valence-electron chi connectivity index (χ4n) is 2.34. The van der Waals surface area contributed by atoms with Gasteiger partial charge in [-0.15, -0.1) is 0 Å². The smallest absolute Gasteiger partial charge is 0.170 e. The first-order valence-corrected chi connectivity index (χ1v) is 7.65. The van der Waals surface area contributed by atoms with Gasteiger partial charge in [-0.1, -0.05) is 69.2 Å². The maximum Gasteiger partial charge on any atom is 0.395 e. The van der Waals surface area contributed by atoms with Gasteiger partial charge in [-0.05, 0) is 24.1 Å². The van der Waals surface area contributed by atoms with Gasteiger partial charge in [0.2, 0.25) is 0 Å². The van der Waals surface area contributed by atoms with Crippen LogP contribution in [0.15, 0.2) is 24.3 Å². The molecule has 1 unspecified atom stereocenters. The van der Waals surface area contributed by atoms with Gasteiger partial charge in [-0.25, -0.2) is 0 Å². The Morgan fingerprint density at radius 1 is 0.950 bits per heavy atom. The van der Waals surface area contributed by atoms with E-state index in [4.69, 9.17) is 11.6 Å². The van der Waals surface area contributed by atoms with E-state index in [1.807, 2.05) is 0 Å². The third-order valence-electron chi connectivity index (χ3n) is 3.51. The van der Waals surface area contributed by atoms with Crippen LogP contribution in [0.25, 0.3) is 0 Å². The van der Waals surface area contributed by atoms with Gasteiger partial charge in [0.25, 0.3) is 0 Å². The summed E-state index contributed by atoms with van der Waals surface area (Å²) in [6.45, 7) is 2.13. The van der Waals surface area contributed by atoms with Crippen LogP contribution in [0.5, 0.6) is 0 Å². The predicted molar refractivity (Wildman–Crippen MR) is 78.2 cm³/mol. The Hall–Kier alpha value is -0.700. The molecular formula is C16H22ClF3. The quantitative estimate of drug-likeness (QED) is 0.467. The van der Waals surface area contributed by atoms with Gasteiger partial charge in [-0.2, -0.15) is 13.2 Å². The molecule has 0 nitrogen and oxygen atoms in total. The minimum atomic E-state index is -4.18. The van der Waals surface area contributed by atoms with Gasteiger partial charge in [0.1, 0.15) is 0 Å². The third kappa shape index (κ3) is 6.17. The molecule has 0 spiro atoms. The van der Waals surface area contributed by atoms with Gasteiger partial charge >= 0.3 is 6.18 Å². The van der Waals surface area contributed by atoms with Crippen molar-refractivity contribution in [1.82, 2.24) is 0 Å². The Labute approximate surface area is 124 Å². The van der Waals surface area contributed by atoms with Gasteiger partial charge in [0.05, 0.1) is 5.92 Å². The van der Waals surface area contributed by atoms with Crippen LogP contribution in [-0.2, 0) is 0 Å². The van der Waals surface area contributed by atoms with E-state index >= 15 is 0 Å². The lowest BCUT2D eigenvalue weighted by Gasteiger charge is -2.20. The summed E-state index contributed by atoms with van der Waals surface area (Å²) in [5, 5.41) is 0.467. The highest BCUT2D eigenvalue weighted by atomic mass is 35.5. The molecular weight excluding hydrogens is 285 g/mol. The molecule has 0 saturated carbocycles. The Balaban J connectivity index is 2.51. The lowest BCUT2D eigenvalue weighted by molar-refractivity contribution is -0.152. The molecule has 0 aliphatic carbocycles. The molecule has 0 amide bonds. The number of hydrogen-bond donors (Lipinski definition) is 0. The number of unbranched alkanes of at least 4 members (excludes halogenated alkanes) is 5. The Morgan fingerprint density at radius 2 is 1.50 bits per heavy atom. The largest absolute Gasteiger partial charge is 0.395 e. The standard InChI is InChI=1S/C16H22ClF3/c1-2-3-4-5-6-7-8-15(16(18,19)20)13-9-11-14(17)12-10-13/h9-12,15H,2-8H2,1H3. The second kappa shape index (κ2) is 8.56. The maximum atomic E-state index is 13.1. The first kappa shape index (κ1) is 17.4. The van der Waals surface area contributed by atoms with Crippen molar-refractivity contribution < 1.29 is 13.2 Å². The molecule has 0 saturated heterocycles. The zero-order valence-electron chi connectivity index (χ0n) is 11.8. The normalized spacial score (nSPS) is 13.4. The van der Waals surface area contributed by atoms with Gasteiger partial charge in [0, 0.05) is 5.02 Å². The van der Waals surface area contributed by atoms with Crippen molar-refractivity contribution in [3.05, 3.63) is 34.9 Å². The second-order valence-electron chi connectivity index (χ2n) is 5.20. The number of halogens is 4. The second-order valence-corrected chi connectivity index (χ2v) is 5.64. The van der Waals surface area contributed by atoms with E-state index in [1.165, 1.54) is 30.7 Å². The average molecular weight is 307 g/mol. The molecule has 1 rings (SSSR count). The average Bonchev–Trinajstić information content (AvgIpc) is 2.38. The van der Waals surface area contributed by atoms with Crippen LogP contribution in [0.3, 0.4) is 0 Å². The van der Waals surface area contributed by atoms with Crippen LogP contribution < -0.4 is 0 Å². The van der Waals surface area contributed by atoms with Crippen molar-refractivity contribution in [3.8, 4) is 0 Å². The van der Waals surface area contributed by atoms with Crippen molar-refractivity contribution in [2.45, 2.75) is 64.0 Å². The van der Waals surface area contributed by atoms with E-state index in [-0.39, 0.29) is 6.42 Å². The molecule has 0 heterocycles. The van der Waals surface area contributed by atoms with Crippen LogP contribution in [0.1, 0.15) is 63.4 Å².